The Kier molecular flexibility index (Phi) is 6.22. The Morgan fingerprint density at radius 1 is 1.53 bits per heavy atom. The predicted octanol–water partition coefficient (Wildman–Crippen LogP) is 1.47. The van der Waals surface area contributed by atoms with Crippen molar-refractivity contribution in [1.29, 1.82) is 0 Å². The van der Waals surface area contributed by atoms with Gasteiger partial charge in [0, 0.05) is 32.8 Å². The number of nitrogens with two attached hydrogens (primary N) is 1. The second-order valence-corrected chi connectivity index (χ2v) is 4.72. The number of methoxy groups -OCH3 is 1. The van der Waals surface area contributed by atoms with Crippen LogP contribution in [0.3, 0.4) is 0 Å². The van der Waals surface area contributed by atoms with Gasteiger partial charge in [0.15, 0.2) is 0 Å². The van der Waals surface area contributed by atoms with Crippen molar-refractivity contribution >= 4 is 0 Å². The van der Waals surface area contributed by atoms with Crippen LogP contribution in [-0.4, -0.2) is 44.3 Å². The summed E-state index contributed by atoms with van der Waals surface area (Å²) in [6.45, 7) is 6.60. The lowest BCUT2D eigenvalue weighted by atomic mass is 9.95. The molecule has 0 saturated carbocycles. The lowest BCUT2D eigenvalue weighted by molar-refractivity contribution is 0.144. The van der Waals surface area contributed by atoms with E-state index in [0.29, 0.717) is 0 Å². The van der Waals surface area contributed by atoms with Crippen LogP contribution in [0.2, 0.25) is 0 Å². The molecule has 0 aromatic heterocycles. The number of ether oxygens (including phenoxy) is 1. The van der Waals surface area contributed by atoms with Crippen LogP contribution in [0.15, 0.2) is 0 Å². The van der Waals surface area contributed by atoms with Crippen molar-refractivity contribution in [2.75, 3.05) is 33.4 Å². The molecule has 0 amide bonds. The van der Waals surface area contributed by atoms with E-state index in [1.54, 1.807) is 7.11 Å². The summed E-state index contributed by atoms with van der Waals surface area (Å²) in [5.41, 5.74) is 6.06. The van der Waals surface area contributed by atoms with Gasteiger partial charge >= 0.3 is 0 Å². The first-order valence-corrected chi connectivity index (χ1v) is 6.23. The van der Waals surface area contributed by atoms with E-state index in [2.05, 4.69) is 11.8 Å². The Morgan fingerprint density at radius 2 is 2.33 bits per heavy atom. The number of hydrogen-bond donors (Lipinski definition) is 1. The Bertz CT molecular complexity index is 164. The first kappa shape index (κ1) is 12.9. The predicted molar refractivity (Wildman–Crippen MR) is 63.9 cm³/mol. The molecule has 1 heterocycles. The maximum absolute atomic E-state index is 6.06. The zero-order chi connectivity index (χ0) is 11.1. The smallest absolute Gasteiger partial charge is 0.0477 e. The minimum atomic E-state index is 0.278. The third-order valence-electron chi connectivity index (χ3n) is 3.37. The molecule has 1 rings (SSSR count). The van der Waals surface area contributed by atoms with Gasteiger partial charge < -0.3 is 15.4 Å². The van der Waals surface area contributed by atoms with E-state index in [1.807, 2.05) is 0 Å². The molecule has 2 atom stereocenters. The molecule has 3 heteroatoms. The van der Waals surface area contributed by atoms with E-state index in [0.717, 1.165) is 25.5 Å². The summed E-state index contributed by atoms with van der Waals surface area (Å²) in [6, 6.07) is 0.278. The highest BCUT2D eigenvalue weighted by molar-refractivity contribution is 4.75. The van der Waals surface area contributed by atoms with Crippen LogP contribution in [0.1, 0.15) is 32.6 Å². The molecule has 0 radical (unpaired) electrons. The molecule has 1 aliphatic heterocycles. The van der Waals surface area contributed by atoms with Crippen molar-refractivity contribution < 1.29 is 4.74 Å². The number of likely N-dealkylation sites (tertiary alicyclic amines) is 1. The molecule has 0 aromatic carbocycles. The van der Waals surface area contributed by atoms with Crippen LogP contribution < -0.4 is 5.73 Å². The summed E-state index contributed by atoms with van der Waals surface area (Å²) in [6.07, 6.45) is 5.03. The molecule has 1 aliphatic rings. The van der Waals surface area contributed by atoms with Gasteiger partial charge in [-0.1, -0.05) is 13.3 Å². The topological polar surface area (TPSA) is 38.5 Å². The summed E-state index contributed by atoms with van der Waals surface area (Å²) in [4.78, 5) is 2.53. The fourth-order valence-electron chi connectivity index (χ4n) is 2.34. The van der Waals surface area contributed by atoms with E-state index in [1.165, 1.54) is 32.4 Å². The highest BCUT2D eigenvalue weighted by Gasteiger charge is 2.19. The summed E-state index contributed by atoms with van der Waals surface area (Å²) in [5, 5.41) is 0. The molecule has 0 aliphatic carbocycles. The largest absolute Gasteiger partial charge is 0.385 e. The van der Waals surface area contributed by atoms with E-state index < -0.39 is 0 Å². The standard InChI is InChI=1S/C12H26N2O/c1-3-11-5-4-7-14(9-11)10-12(13)6-8-15-2/h11-12H,3-10,13H2,1-2H3. The summed E-state index contributed by atoms with van der Waals surface area (Å²) in [7, 11) is 1.74. The first-order valence-electron chi connectivity index (χ1n) is 6.23. The van der Waals surface area contributed by atoms with Gasteiger partial charge in [0.2, 0.25) is 0 Å². The maximum Gasteiger partial charge on any atom is 0.0477 e. The Balaban J connectivity index is 2.19. The van der Waals surface area contributed by atoms with E-state index in [9.17, 15) is 0 Å². The quantitative estimate of drug-likeness (QED) is 0.728. The van der Waals surface area contributed by atoms with E-state index >= 15 is 0 Å². The molecule has 2 unspecified atom stereocenters. The molecule has 3 nitrogen and oxygen atoms in total. The van der Waals surface area contributed by atoms with Gasteiger partial charge in [-0.2, -0.15) is 0 Å². The number of piperidine rings is 1. The summed E-state index contributed by atoms with van der Waals surface area (Å²) >= 11 is 0. The molecular weight excluding hydrogens is 188 g/mol. The van der Waals surface area contributed by atoms with Crippen molar-refractivity contribution in [2.24, 2.45) is 11.7 Å². The van der Waals surface area contributed by atoms with E-state index in [4.69, 9.17) is 10.5 Å². The second kappa shape index (κ2) is 7.20. The lowest BCUT2D eigenvalue weighted by Crippen LogP contribution is -2.43. The summed E-state index contributed by atoms with van der Waals surface area (Å²) in [5.74, 6) is 0.897. The monoisotopic (exact) mass is 214 g/mol. The third kappa shape index (κ3) is 4.96. The lowest BCUT2D eigenvalue weighted by Gasteiger charge is -2.33. The molecule has 15 heavy (non-hydrogen) atoms. The van der Waals surface area contributed by atoms with Crippen molar-refractivity contribution in [3.8, 4) is 0 Å². The number of hydrogen-bond acceptors (Lipinski definition) is 3. The highest BCUT2D eigenvalue weighted by atomic mass is 16.5. The molecule has 0 aromatic rings. The van der Waals surface area contributed by atoms with Crippen LogP contribution in [-0.2, 0) is 4.74 Å². The Hall–Kier alpha value is -0.120. The average Bonchev–Trinajstić information content (AvgIpc) is 2.26. The van der Waals surface area contributed by atoms with Gasteiger partial charge in [-0.3, -0.25) is 0 Å². The fourth-order valence-corrected chi connectivity index (χ4v) is 2.34. The normalized spacial score (nSPS) is 25.4. The number of rotatable bonds is 6. The van der Waals surface area contributed by atoms with Gasteiger partial charge in [-0.25, -0.2) is 0 Å². The van der Waals surface area contributed by atoms with Crippen LogP contribution >= 0.6 is 0 Å². The van der Waals surface area contributed by atoms with Crippen LogP contribution in [0, 0.1) is 5.92 Å². The minimum Gasteiger partial charge on any atom is -0.385 e. The highest BCUT2D eigenvalue weighted by Crippen LogP contribution is 2.19. The van der Waals surface area contributed by atoms with E-state index in [-0.39, 0.29) is 6.04 Å². The van der Waals surface area contributed by atoms with Crippen LogP contribution in [0.25, 0.3) is 0 Å². The van der Waals surface area contributed by atoms with Gasteiger partial charge in [0.1, 0.15) is 0 Å². The SMILES string of the molecule is CCC1CCCN(CC(N)CCOC)C1. The van der Waals surface area contributed by atoms with Crippen LogP contribution in [0.5, 0.6) is 0 Å². The molecular formula is C12H26N2O. The molecule has 0 bridgehead atoms. The fraction of sp³-hybridized carbons (Fsp3) is 1.00. The molecule has 0 spiro atoms. The maximum atomic E-state index is 6.06. The zero-order valence-corrected chi connectivity index (χ0v) is 10.2. The molecule has 90 valence electrons. The van der Waals surface area contributed by atoms with Crippen molar-refractivity contribution in [3.05, 3.63) is 0 Å². The zero-order valence-electron chi connectivity index (χ0n) is 10.2. The van der Waals surface area contributed by atoms with Crippen LogP contribution in [0.4, 0.5) is 0 Å². The van der Waals surface area contributed by atoms with Crippen molar-refractivity contribution in [1.82, 2.24) is 4.90 Å². The first-order chi connectivity index (χ1) is 7.26. The second-order valence-electron chi connectivity index (χ2n) is 4.72. The minimum absolute atomic E-state index is 0.278. The summed E-state index contributed by atoms with van der Waals surface area (Å²) < 4.78 is 5.05. The Morgan fingerprint density at radius 3 is 3.00 bits per heavy atom. The van der Waals surface area contributed by atoms with Gasteiger partial charge in [-0.05, 0) is 31.7 Å². The molecule has 1 saturated heterocycles. The van der Waals surface area contributed by atoms with Gasteiger partial charge in [0.25, 0.3) is 0 Å². The average molecular weight is 214 g/mol. The molecule has 2 N–H and O–H groups in total. The van der Waals surface area contributed by atoms with Crippen molar-refractivity contribution in [2.45, 2.75) is 38.6 Å². The van der Waals surface area contributed by atoms with Crippen molar-refractivity contribution in [3.63, 3.8) is 0 Å². The molecule has 1 fully saturated rings. The third-order valence-corrected chi connectivity index (χ3v) is 3.37. The van der Waals surface area contributed by atoms with Gasteiger partial charge in [0.05, 0.1) is 0 Å². The van der Waals surface area contributed by atoms with Gasteiger partial charge in [-0.15, -0.1) is 0 Å². The Labute approximate surface area is 94.0 Å². The number of nitrogens with zero attached hydrogens (tertiary/aromatic N) is 1.